The molecule has 1 N–H and O–H groups in total. The van der Waals surface area contributed by atoms with Gasteiger partial charge in [-0.1, -0.05) is 18.5 Å². The first-order chi connectivity index (χ1) is 16.3. The number of aryl methyl sites for hydroxylation is 1. The molecule has 1 atom stereocenters. The largest absolute Gasteiger partial charge is 0.353 e. The number of carbonyl (C=O) groups excluding carboxylic acids is 1. The van der Waals surface area contributed by atoms with Gasteiger partial charge < -0.3 is 9.84 Å². The van der Waals surface area contributed by atoms with Crippen LogP contribution in [0, 0.1) is 18.8 Å². The van der Waals surface area contributed by atoms with Crippen molar-refractivity contribution in [2.45, 2.75) is 88.5 Å². The van der Waals surface area contributed by atoms with Crippen molar-refractivity contribution in [1.29, 1.82) is 0 Å². The van der Waals surface area contributed by atoms with Gasteiger partial charge in [0.1, 0.15) is 0 Å². The molecule has 0 radical (unpaired) electrons. The number of nitrogens with zero attached hydrogens (tertiary/aromatic N) is 3. The number of aromatic nitrogens is 2. The van der Waals surface area contributed by atoms with Crippen molar-refractivity contribution in [3.8, 4) is 10.7 Å². The molecule has 186 valence electrons. The van der Waals surface area contributed by atoms with Gasteiger partial charge in [0.25, 0.3) is 0 Å². The molecule has 8 nitrogen and oxygen atoms in total. The van der Waals surface area contributed by atoms with Crippen molar-refractivity contribution in [1.82, 2.24) is 19.8 Å². The Morgan fingerprint density at radius 2 is 1.91 bits per heavy atom. The molecule has 2 aliphatic carbocycles. The first-order valence-electron chi connectivity index (χ1n) is 12.6. The molecule has 3 fully saturated rings. The SMILES string of the molecule is Cc1sc(-c2noc(C3CCC3)n2)cc1S(=O)(=O)N1CCC[C@H](C(=O)NC2CCC(C)CC2)C1. The van der Waals surface area contributed by atoms with Crippen molar-refractivity contribution < 1.29 is 17.7 Å². The maximum atomic E-state index is 13.6. The van der Waals surface area contributed by atoms with Gasteiger partial charge in [0.15, 0.2) is 0 Å². The van der Waals surface area contributed by atoms with Crippen LogP contribution in [-0.2, 0) is 14.8 Å². The highest BCUT2D eigenvalue weighted by Gasteiger charge is 2.36. The van der Waals surface area contributed by atoms with E-state index in [1.54, 1.807) is 6.07 Å². The van der Waals surface area contributed by atoms with Crippen LogP contribution in [0.5, 0.6) is 0 Å². The molecule has 10 heteroatoms. The average molecular weight is 507 g/mol. The zero-order valence-corrected chi connectivity index (χ0v) is 21.6. The summed E-state index contributed by atoms with van der Waals surface area (Å²) in [6.45, 7) is 4.74. The van der Waals surface area contributed by atoms with Gasteiger partial charge >= 0.3 is 0 Å². The molecule has 3 heterocycles. The van der Waals surface area contributed by atoms with Crippen LogP contribution in [0.1, 0.15) is 81.4 Å². The maximum absolute atomic E-state index is 13.6. The van der Waals surface area contributed by atoms with Gasteiger partial charge in [-0.25, -0.2) is 8.42 Å². The number of thiophene rings is 1. The van der Waals surface area contributed by atoms with E-state index in [1.807, 2.05) is 6.92 Å². The van der Waals surface area contributed by atoms with Gasteiger partial charge in [-0.3, -0.25) is 4.79 Å². The zero-order valence-electron chi connectivity index (χ0n) is 20.0. The molecule has 1 amide bonds. The van der Waals surface area contributed by atoms with Crippen molar-refractivity contribution >= 4 is 27.3 Å². The summed E-state index contributed by atoms with van der Waals surface area (Å²) in [7, 11) is -3.71. The van der Waals surface area contributed by atoms with Crippen LogP contribution in [0.3, 0.4) is 0 Å². The van der Waals surface area contributed by atoms with Crippen molar-refractivity contribution in [2.75, 3.05) is 13.1 Å². The molecule has 1 saturated heterocycles. The number of amides is 1. The number of carbonyl (C=O) groups is 1. The molecule has 0 bridgehead atoms. The summed E-state index contributed by atoms with van der Waals surface area (Å²) in [5.74, 6) is 1.85. The first-order valence-corrected chi connectivity index (χ1v) is 14.8. The van der Waals surface area contributed by atoms with Crippen LogP contribution in [0.2, 0.25) is 0 Å². The lowest BCUT2D eigenvalue weighted by atomic mass is 9.85. The molecular formula is C24H34N4O4S2. The lowest BCUT2D eigenvalue weighted by molar-refractivity contribution is -0.127. The number of nitrogens with one attached hydrogen (secondary N) is 1. The fourth-order valence-corrected chi connectivity index (χ4v) is 8.24. The highest BCUT2D eigenvalue weighted by atomic mass is 32.2. The topological polar surface area (TPSA) is 105 Å². The molecule has 2 saturated carbocycles. The quantitative estimate of drug-likeness (QED) is 0.620. The van der Waals surface area contributed by atoms with Crippen LogP contribution < -0.4 is 5.32 Å². The summed E-state index contributed by atoms with van der Waals surface area (Å²) in [4.78, 5) is 19.1. The molecule has 2 aromatic heterocycles. The van der Waals surface area contributed by atoms with Gasteiger partial charge in [0.05, 0.1) is 15.7 Å². The molecule has 34 heavy (non-hydrogen) atoms. The third kappa shape index (κ3) is 4.81. The minimum atomic E-state index is -3.71. The van der Waals surface area contributed by atoms with E-state index in [1.165, 1.54) is 22.1 Å². The number of hydrogen-bond acceptors (Lipinski definition) is 7. The molecule has 2 aromatic rings. The summed E-state index contributed by atoms with van der Waals surface area (Å²) >= 11 is 1.37. The lowest BCUT2D eigenvalue weighted by Crippen LogP contribution is -2.48. The van der Waals surface area contributed by atoms with E-state index in [9.17, 15) is 13.2 Å². The second kappa shape index (κ2) is 9.70. The summed E-state index contributed by atoms with van der Waals surface area (Å²) in [5.41, 5.74) is 0. The lowest BCUT2D eigenvalue weighted by Gasteiger charge is -2.33. The van der Waals surface area contributed by atoms with Crippen LogP contribution >= 0.6 is 11.3 Å². The molecule has 1 aliphatic heterocycles. The Morgan fingerprint density at radius 3 is 2.62 bits per heavy atom. The summed E-state index contributed by atoms with van der Waals surface area (Å²) in [6.07, 6.45) is 9.01. The molecular weight excluding hydrogens is 472 g/mol. The Morgan fingerprint density at radius 1 is 1.15 bits per heavy atom. The third-order valence-electron chi connectivity index (χ3n) is 7.72. The summed E-state index contributed by atoms with van der Waals surface area (Å²) < 4.78 is 34.0. The first kappa shape index (κ1) is 23.9. The van der Waals surface area contributed by atoms with Gasteiger partial charge in [-0.15, -0.1) is 11.3 Å². The molecule has 3 aliphatic rings. The fraction of sp³-hybridized carbons (Fsp3) is 0.708. The van der Waals surface area contributed by atoms with E-state index in [4.69, 9.17) is 4.52 Å². The van der Waals surface area contributed by atoms with Crippen molar-refractivity contribution in [2.24, 2.45) is 11.8 Å². The predicted octanol–water partition coefficient (Wildman–Crippen LogP) is 4.47. The van der Waals surface area contributed by atoms with Gasteiger partial charge in [0.2, 0.25) is 27.6 Å². The third-order valence-corrected chi connectivity index (χ3v) is 10.9. The van der Waals surface area contributed by atoms with Gasteiger partial charge in [0, 0.05) is 29.9 Å². The average Bonchev–Trinajstić information content (AvgIpc) is 3.41. The Bertz CT molecular complexity index is 1130. The van der Waals surface area contributed by atoms with Crippen LogP contribution in [0.15, 0.2) is 15.5 Å². The Labute approximate surface area is 205 Å². The minimum Gasteiger partial charge on any atom is -0.353 e. The second-order valence-corrected chi connectivity index (χ2v) is 13.4. The van der Waals surface area contributed by atoms with E-state index >= 15 is 0 Å². The van der Waals surface area contributed by atoms with E-state index < -0.39 is 10.0 Å². The normalized spacial score (nSPS) is 26.8. The van der Waals surface area contributed by atoms with Crippen LogP contribution in [0.4, 0.5) is 0 Å². The second-order valence-electron chi connectivity index (χ2n) is 10.3. The van der Waals surface area contributed by atoms with Crippen molar-refractivity contribution in [3.05, 3.63) is 16.8 Å². The zero-order chi connectivity index (χ0) is 23.9. The minimum absolute atomic E-state index is 0.00231. The Hall–Kier alpha value is -1.78. The fourth-order valence-electron chi connectivity index (χ4n) is 5.23. The highest BCUT2D eigenvalue weighted by Crippen LogP contribution is 2.38. The van der Waals surface area contributed by atoms with E-state index in [2.05, 4.69) is 22.4 Å². The monoisotopic (exact) mass is 506 g/mol. The Balaban J connectivity index is 1.27. The predicted molar refractivity (Wildman–Crippen MR) is 130 cm³/mol. The smallest absolute Gasteiger partial charge is 0.244 e. The highest BCUT2D eigenvalue weighted by molar-refractivity contribution is 7.89. The summed E-state index contributed by atoms with van der Waals surface area (Å²) in [5, 5.41) is 7.29. The molecule has 0 aromatic carbocycles. The van der Waals surface area contributed by atoms with E-state index in [-0.39, 0.29) is 29.3 Å². The number of piperidine rings is 1. The Kier molecular flexibility index (Phi) is 6.83. The molecule has 0 unspecified atom stereocenters. The molecule has 5 rings (SSSR count). The van der Waals surface area contributed by atoms with Crippen LogP contribution in [-0.4, -0.2) is 47.9 Å². The van der Waals surface area contributed by atoms with Gasteiger partial charge in [-0.2, -0.15) is 9.29 Å². The van der Waals surface area contributed by atoms with Crippen LogP contribution in [0.25, 0.3) is 10.7 Å². The number of hydrogen-bond donors (Lipinski definition) is 1. The maximum Gasteiger partial charge on any atom is 0.244 e. The van der Waals surface area contributed by atoms with E-state index in [0.29, 0.717) is 40.4 Å². The molecule has 0 spiro atoms. The summed E-state index contributed by atoms with van der Waals surface area (Å²) in [6, 6.07) is 1.88. The standard InChI is InChI=1S/C24H34N4O4S2/c1-15-8-10-19(11-9-15)25-23(29)18-7-4-12-28(14-18)34(30,31)21-13-20(33-16(21)2)22-26-24(32-27-22)17-5-3-6-17/h13,15,17-19H,3-12,14H2,1-2H3,(H,25,29)/t15?,18-,19?/m0/s1. The number of rotatable bonds is 6. The van der Waals surface area contributed by atoms with E-state index in [0.717, 1.165) is 50.9 Å². The van der Waals surface area contributed by atoms with Gasteiger partial charge in [-0.05, 0) is 70.3 Å². The van der Waals surface area contributed by atoms with Crippen molar-refractivity contribution in [3.63, 3.8) is 0 Å². The number of sulfonamides is 1.